The molecule has 6 heteroatoms. The lowest BCUT2D eigenvalue weighted by Gasteiger charge is -2.04. The Morgan fingerprint density at radius 2 is 1.86 bits per heavy atom. The fourth-order valence-corrected chi connectivity index (χ4v) is 2.86. The number of unbranched alkanes of at least 4 members (excludes halogenated alkanes) is 3. The van der Waals surface area contributed by atoms with Gasteiger partial charge in [-0.15, -0.1) is 0 Å². The molecular formula is C22H23BrN2O3. The molecule has 0 saturated heterocycles. The number of nitrogens with zero attached hydrogens (tertiary/aromatic N) is 1. The summed E-state index contributed by atoms with van der Waals surface area (Å²) in [5.74, 6) is 5.61. The van der Waals surface area contributed by atoms with Gasteiger partial charge in [0.15, 0.2) is 0 Å². The van der Waals surface area contributed by atoms with Crippen molar-refractivity contribution in [2.75, 3.05) is 10.6 Å². The highest BCUT2D eigenvalue weighted by Crippen LogP contribution is 2.22. The van der Waals surface area contributed by atoms with Gasteiger partial charge in [-0.3, -0.25) is 14.9 Å². The number of nitro groups is 1. The lowest BCUT2D eigenvalue weighted by molar-refractivity contribution is -0.385. The molecule has 0 heterocycles. The smallest absolute Gasteiger partial charge is 0.285 e. The van der Waals surface area contributed by atoms with Crippen molar-refractivity contribution < 1.29 is 9.72 Å². The van der Waals surface area contributed by atoms with E-state index in [1.54, 1.807) is 0 Å². The van der Waals surface area contributed by atoms with Crippen LogP contribution in [0.3, 0.4) is 0 Å². The second-order valence-electron chi connectivity index (χ2n) is 6.43. The number of benzene rings is 2. The SMILES string of the molecule is CCCCCCc1ccc(C#Cc2cc(NC(=O)CBr)ccc2[N+](=O)[O-])cc1. The van der Waals surface area contributed by atoms with Gasteiger partial charge in [0, 0.05) is 17.3 Å². The number of halogens is 1. The molecule has 1 amide bonds. The van der Waals surface area contributed by atoms with Crippen molar-refractivity contribution in [3.8, 4) is 11.8 Å². The van der Waals surface area contributed by atoms with E-state index in [9.17, 15) is 14.9 Å². The normalized spacial score (nSPS) is 10.1. The van der Waals surface area contributed by atoms with Gasteiger partial charge in [0.05, 0.1) is 10.3 Å². The first-order valence-electron chi connectivity index (χ1n) is 9.28. The van der Waals surface area contributed by atoms with E-state index >= 15 is 0 Å². The van der Waals surface area contributed by atoms with Gasteiger partial charge in [0.1, 0.15) is 5.56 Å². The first-order chi connectivity index (χ1) is 13.5. The number of rotatable bonds is 8. The minimum absolute atomic E-state index is 0.0862. The number of nitro benzene ring substituents is 1. The Morgan fingerprint density at radius 3 is 2.50 bits per heavy atom. The van der Waals surface area contributed by atoms with Gasteiger partial charge in [0.25, 0.3) is 5.69 Å². The van der Waals surface area contributed by atoms with Crippen molar-refractivity contribution in [3.63, 3.8) is 0 Å². The fraction of sp³-hybridized carbons (Fsp3) is 0.318. The Balaban J connectivity index is 2.15. The summed E-state index contributed by atoms with van der Waals surface area (Å²) < 4.78 is 0. The summed E-state index contributed by atoms with van der Waals surface area (Å²) in [6.45, 7) is 2.20. The Morgan fingerprint density at radius 1 is 1.11 bits per heavy atom. The molecule has 0 saturated carbocycles. The van der Waals surface area contributed by atoms with Gasteiger partial charge in [0.2, 0.25) is 5.91 Å². The molecule has 0 radical (unpaired) electrons. The molecule has 0 aliphatic heterocycles. The summed E-state index contributed by atoms with van der Waals surface area (Å²) in [5.41, 5.74) is 2.72. The minimum Gasteiger partial charge on any atom is -0.325 e. The van der Waals surface area contributed by atoms with Crippen LogP contribution in [0.5, 0.6) is 0 Å². The van der Waals surface area contributed by atoms with E-state index in [0.29, 0.717) is 5.69 Å². The van der Waals surface area contributed by atoms with Crippen LogP contribution in [0.4, 0.5) is 11.4 Å². The Labute approximate surface area is 173 Å². The second-order valence-corrected chi connectivity index (χ2v) is 6.99. The topological polar surface area (TPSA) is 72.2 Å². The molecule has 0 bridgehead atoms. The number of anilines is 1. The highest BCUT2D eigenvalue weighted by Gasteiger charge is 2.13. The molecular weight excluding hydrogens is 420 g/mol. The van der Waals surface area contributed by atoms with E-state index in [1.807, 2.05) is 12.1 Å². The lowest BCUT2D eigenvalue weighted by atomic mass is 10.0. The molecule has 0 fully saturated rings. The van der Waals surface area contributed by atoms with Gasteiger partial charge in [-0.1, -0.05) is 66.1 Å². The van der Waals surface area contributed by atoms with E-state index in [2.05, 4.69) is 52.1 Å². The lowest BCUT2D eigenvalue weighted by Crippen LogP contribution is -2.12. The molecule has 2 aromatic carbocycles. The Hall–Kier alpha value is -2.65. The van der Waals surface area contributed by atoms with Crippen molar-refractivity contribution in [2.45, 2.75) is 39.0 Å². The summed E-state index contributed by atoms with van der Waals surface area (Å²) in [7, 11) is 0. The largest absolute Gasteiger partial charge is 0.325 e. The summed E-state index contributed by atoms with van der Waals surface area (Å²) in [6, 6.07) is 12.3. The number of carbonyl (C=O) groups excluding carboxylic acids is 1. The first-order valence-corrected chi connectivity index (χ1v) is 10.4. The molecule has 0 aliphatic rings. The van der Waals surface area contributed by atoms with E-state index in [4.69, 9.17) is 0 Å². The van der Waals surface area contributed by atoms with E-state index in [0.717, 1.165) is 12.0 Å². The van der Waals surface area contributed by atoms with Crippen molar-refractivity contribution in [2.24, 2.45) is 0 Å². The van der Waals surface area contributed by atoms with E-state index in [-0.39, 0.29) is 22.5 Å². The predicted octanol–water partition coefficient (Wildman–Crippen LogP) is 5.45. The zero-order valence-electron chi connectivity index (χ0n) is 15.8. The van der Waals surface area contributed by atoms with Crippen LogP contribution in [0, 0.1) is 22.0 Å². The number of nitrogens with one attached hydrogen (secondary N) is 1. The average Bonchev–Trinajstić information content (AvgIpc) is 2.70. The standard InChI is InChI=1S/C22H23BrN2O3/c1-2-3-4-5-6-17-7-9-18(10-8-17)11-12-19-15-20(24-22(26)16-23)13-14-21(19)25(27)28/h7-10,13-15H,2-6,16H2,1H3,(H,24,26). The number of carbonyl (C=O) groups is 1. The maximum atomic E-state index is 11.5. The quantitative estimate of drug-likeness (QED) is 0.194. The van der Waals surface area contributed by atoms with Crippen LogP contribution in [-0.4, -0.2) is 16.2 Å². The monoisotopic (exact) mass is 442 g/mol. The third-order valence-corrected chi connectivity index (χ3v) is 4.72. The van der Waals surface area contributed by atoms with E-state index in [1.165, 1.54) is 49.4 Å². The Bertz CT molecular complexity index is 883. The number of amides is 1. The van der Waals surface area contributed by atoms with Crippen LogP contribution in [-0.2, 0) is 11.2 Å². The van der Waals surface area contributed by atoms with Gasteiger partial charge < -0.3 is 5.32 Å². The summed E-state index contributed by atoms with van der Waals surface area (Å²) in [6.07, 6.45) is 5.95. The second kappa shape index (κ2) is 11.3. The predicted molar refractivity (Wildman–Crippen MR) is 116 cm³/mol. The minimum atomic E-state index is -0.473. The third-order valence-electron chi connectivity index (χ3n) is 4.21. The Kier molecular flexibility index (Phi) is 8.70. The van der Waals surface area contributed by atoms with Crippen LogP contribution in [0.1, 0.15) is 49.3 Å². The van der Waals surface area contributed by atoms with Gasteiger partial charge >= 0.3 is 0 Å². The number of hydrogen-bond donors (Lipinski definition) is 1. The molecule has 0 aromatic heterocycles. The highest BCUT2D eigenvalue weighted by molar-refractivity contribution is 9.09. The molecule has 0 unspecified atom stereocenters. The van der Waals surface area contributed by atoms with Crippen LogP contribution in [0.2, 0.25) is 0 Å². The molecule has 146 valence electrons. The van der Waals surface area contributed by atoms with E-state index < -0.39 is 4.92 Å². The molecule has 5 nitrogen and oxygen atoms in total. The maximum Gasteiger partial charge on any atom is 0.285 e. The third kappa shape index (κ3) is 6.82. The summed E-state index contributed by atoms with van der Waals surface area (Å²) in [5, 5.41) is 14.1. The maximum absolute atomic E-state index is 11.5. The van der Waals surface area contributed by atoms with Crippen molar-refractivity contribution in [1.29, 1.82) is 0 Å². The molecule has 2 rings (SSSR count). The first kappa shape index (κ1) is 21.6. The molecule has 0 aliphatic carbocycles. The molecule has 0 atom stereocenters. The average molecular weight is 443 g/mol. The van der Waals surface area contributed by atoms with Gasteiger partial charge in [-0.05, 0) is 42.7 Å². The zero-order valence-corrected chi connectivity index (χ0v) is 17.4. The fourth-order valence-electron chi connectivity index (χ4n) is 2.72. The molecule has 0 spiro atoms. The van der Waals surface area contributed by atoms with Crippen molar-refractivity contribution in [3.05, 3.63) is 69.3 Å². The van der Waals surface area contributed by atoms with Crippen LogP contribution >= 0.6 is 15.9 Å². The van der Waals surface area contributed by atoms with Crippen molar-refractivity contribution in [1.82, 2.24) is 0 Å². The highest BCUT2D eigenvalue weighted by atomic mass is 79.9. The van der Waals surface area contributed by atoms with Crippen LogP contribution in [0.15, 0.2) is 42.5 Å². The van der Waals surface area contributed by atoms with Crippen LogP contribution < -0.4 is 5.32 Å². The van der Waals surface area contributed by atoms with Crippen LogP contribution in [0.25, 0.3) is 0 Å². The number of hydrogen-bond acceptors (Lipinski definition) is 3. The van der Waals surface area contributed by atoms with Gasteiger partial charge in [-0.25, -0.2) is 0 Å². The van der Waals surface area contributed by atoms with Crippen molar-refractivity contribution >= 4 is 33.2 Å². The molecule has 2 aromatic rings. The van der Waals surface area contributed by atoms with Gasteiger partial charge in [-0.2, -0.15) is 0 Å². The molecule has 1 N–H and O–H groups in total. The molecule has 28 heavy (non-hydrogen) atoms. The number of aryl methyl sites for hydroxylation is 1. The summed E-state index contributed by atoms with van der Waals surface area (Å²) >= 11 is 3.07. The number of alkyl halides is 1. The summed E-state index contributed by atoms with van der Waals surface area (Å²) in [4.78, 5) is 22.3. The zero-order chi connectivity index (χ0) is 20.4.